The number of amides is 1. The van der Waals surface area contributed by atoms with Crippen LogP contribution in [0.25, 0.3) is 11.5 Å². The molecule has 9 heteroatoms. The zero-order valence-electron chi connectivity index (χ0n) is 15.0. The van der Waals surface area contributed by atoms with Crippen molar-refractivity contribution in [2.45, 2.75) is 19.4 Å². The molecule has 0 aliphatic carbocycles. The number of carbonyl (C=O) groups is 1. The van der Waals surface area contributed by atoms with Gasteiger partial charge >= 0.3 is 0 Å². The molecular weight excluding hydrogens is 375 g/mol. The van der Waals surface area contributed by atoms with Crippen LogP contribution in [0, 0.1) is 17.5 Å². The van der Waals surface area contributed by atoms with Gasteiger partial charge in [0.15, 0.2) is 23.3 Å². The molecule has 3 rings (SSSR count). The van der Waals surface area contributed by atoms with Gasteiger partial charge in [-0.05, 0) is 36.8 Å². The summed E-state index contributed by atoms with van der Waals surface area (Å²) < 4.78 is 49.7. The van der Waals surface area contributed by atoms with E-state index in [1.807, 2.05) is 19.1 Å². The first kappa shape index (κ1) is 19.4. The monoisotopic (exact) mass is 391 g/mol. The molecule has 1 aromatic heterocycles. The molecule has 3 aromatic rings. The van der Waals surface area contributed by atoms with Gasteiger partial charge in [-0.2, -0.15) is 4.98 Å². The van der Waals surface area contributed by atoms with E-state index in [0.29, 0.717) is 5.75 Å². The molecular formula is C19H16F3N3O3. The van der Waals surface area contributed by atoms with Crippen LogP contribution in [0.2, 0.25) is 0 Å². The summed E-state index contributed by atoms with van der Waals surface area (Å²) in [5.41, 5.74) is 0.752. The molecule has 1 unspecified atom stereocenters. The van der Waals surface area contributed by atoms with Gasteiger partial charge in [-0.15, -0.1) is 0 Å². The van der Waals surface area contributed by atoms with Crippen LogP contribution in [0.5, 0.6) is 5.75 Å². The number of aromatic nitrogens is 2. The van der Waals surface area contributed by atoms with Crippen molar-refractivity contribution in [3.8, 4) is 17.2 Å². The van der Waals surface area contributed by atoms with Crippen molar-refractivity contribution in [1.82, 2.24) is 15.5 Å². The maximum Gasteiger partial charge on any atom is 0.258 e. The zero-order chi connectivity index (χ0) is 20.3. The average Bonchev–Trinajstić information content (AvgIpc) is 3.14. The molecule has 0 spiro atoms. The first-order valence-corrected chi connectivity index (χ1v) is 8.28. The number of methoxy groups -OCH3 is 1. The predicted molar refractivity (Wildman–Crippen MR) is 92.9 cm³/mol. The van der Waals surface area contributed by atoms with Crippen molar-refractivity contribution < 1.29 is 27.2 Å². The van der Waals surface area contributed by atoms with Crippen LogP contribution in [0.3, 0.4) is 0 Å². The van der Waals surface area contributed by atoms with E-state index in [1.54, 1.807) is 19.2 Å². The van der Waals surface area contributed by atoms with Crippen molar-refractivity contribution in [3.63, 3.8) is 0 Å². The Bertz CT molecular complexity index is 967. The number of nitrogens with one attached hydrogen (secondary N) is 1. The molecule has 1 heterocycles. The number of hydrogen-bond donors (Lipinski definition) is 1. The SMILES string of the molecule is COc1ccc(C(C)NC(=O)Cc2noc(-c3cc(F)c(F)c(F)c3)n2)cc1. The fraction of sp³-hybridized carbons (Fsp3) is 0.211. The van der Waals surface area contributed by atoms with Crippen molar-refractivity contribution in [1.29, 1.82) is 0 Å². The van der Waals surface area contributed by atoms with E-state index in [9.17, 15) is 18.0 Å². The van der Waals surface area contributed by atoms with Crippen LogP contribution in [0.15, 0.2) is 40.9 Å². The highest BCUT2D eigenvalue weighted by Gasteiger charge is 2.18. The third-order valence-corrected chi connectivity index (χ3v) is 4.01. The summed E-state index contributed by atoms with van der Waals surface area (Å²) in [6, 6.07) is 8.42. The number of benzene rings is 2. The van der Waals surface area contributed by atoms with Crippen LogP contribution in [-0.4, -0.2) is 23.2 Å². The number of carbonyl (C=O) groups excluding carboxylic acids is 1. The van der Waals surface area contributed by atoms with Crippen molar-refractivity contribution in [3.05, 3.63) is 65.2 Å². The van der Waals surface area contributed by atoms with Crippen molar-refractivity contribution >= 4 is 5.91 Å². The predicted octanol–water partition coefficient (Wildman–Crippen LogP) is 3.58. The fourth-order valence-electron chi connectivity index (χ4n) is 2.53. The van der Waals surface area contributed by atoms with E-state index < -0.39 is 17.5 Å². The molecule has 0 aliphatic heterocycles. The Kier molecular flexibility index (Phi) is 5.62. The molecule has 0 saturated heterocycles. The highest BCUT2D eigenvalue weighted by Crippen LogP contribution is 2.22. The van der Waals surface area contributed by atoms with E-state index in [2.05, 4.69) is 15.5 Å². The van der Waals surface area contributed by atoms with Crippen LogP contribution < -0.4 is 10.1 Å². The van der Waals surface area contributed by atoms with E-state index in [1.165, 1.54) is 0 Å². The minimum Gasteiger partial charge on any atom is -0.497 e. The third kappa shape index (κ3) is 4.30. The number of halogens is 3. The molecule has 0 aliphatic rings. The van der Waals surface area contributed by atoms with Gasteiger partial charge in [0, 0.05) is 5.56 Å². The normalized spacial score (nSPS) is 11.9. The van der Waals surface area contributed by atoms with Crippen molar-refractivity contribution in [2.75, 3.05) is 7.11 Å². The van der Waals surface area contributed by atoms with Gasteiger partial charge in [-0.3, -0.25) is 4.79 Å². The van der Waals surface area contributed by atoms with Crippen LogP contribution >= 0.6 is 0 Å². The highest BCUT2D eigenvalue weighted by atomic mass is 19.2. The van der Waals surface area contributed by atoms with Gasteiger partial charge in [0.05, 0.1) is 19.6 Å². The van der Waals surface area contributed by atoms with Gasteiger partial charge in [0.1, 0.15) is 5.75 Å². The molecule has 2 aromatic carbocycles. The lowest BCUT2D eigenvalue weighted by Gasteiger charge is -2.14. The Morgan fingerprint density at radius 2 is 1.82 bits per heavy atom. The second kappa shape index (κ2) is 8.12. The van der Waals surface area contributed by atoms with Crippen LogP contribution in [-0.2, 0) is 11.2 Å². The summed E-state index contributed by atoms with van der Waals surface area (Å²) in [6.07, 6.45) is -0.198. The lowest BCUT2D eigenvalue weighted by molar-refractivity contribution is -0.121. The Morgan fingerprint density at radius 1 is 1.18 bits per heavy atom. The Morgan fingerprint density at radius 3 is 2.43 bits per heavy atom. The minimum absolute atomic E-state index is 0.0274. The van der Waals surface area contributed by atoms with Gasteiger partial charge in [0.2, 0.25) is 5.91 Å². The highest BCUT2D eigenvalue weighted by molar-refractivity contribution is 5.78. The maximum atomic E-state index is 13.3. The van der Waals surface area contributed by atoms with E-state index in [-0.39, 0.29) is 35.6 Å². The Hall–Kier alpha value is -3.36. The lowest BCUT2D eigenvalue weighted by Crippen LogP contribution is -2.28. The molecule has 1 amide bonds. The summed E-state index contributed by atoms with van der Waals surface area (Å²) >= 11 is 0. The summed E-state index contributed by atoms with van der Waals surface area (Å²) in [5, 5.41) is 6.40. The first-order chi connectivity index (χ1) is 13.4. The number of hydrogen-bond acceptors (Lipinski definition) is 5. The second-order valence-corrected chi connectivity index (χ2v) is 6.01. The minimum atomic E-state index is -1.59. The second-order valence-electron chi connectivity index (χ2n) is 6.01. The van der Waals surface area contributed by atoms with Gasteiger partial charge < -0.3 is 14.6 Å². The first-order valence-electron chi connectivity index (χ1n) is 8.28. The molecule has 0 bridgehead atoms. The number of nitrogens with zero attached hydrogens (tertiary/aromatic N) is 2. The average molecular weight is 391 g/mol. The maximum absolute atomic E-state index is 13.3. The smallest absolute Gasteiger partial charge is 0.258 e. The molecule has 0 saturated carbocycles. The van der Waals surface area contributed by atoms with E-state index in [4.69, 9.17) is 9.26 Å². The standard InChI is InChI=1S/C19H16F3N3O3/c1-10(11-3-5-13(27-2)6-4-11)23-17(26)9-16-24-19(28-25-16)12-7-14(20)18(22)15(21)8-12/h3-8,10H,9H2,1-2H3,(H,23,26). The fourth-order valence-corrected chi connectivity index (χ4v) is 2.53. The van der Waals surface area contributed by atoms with Crippen LogP contribution in [0.1, 0.15) is 24.4 Å². The number of rotatable bonds is 6. The van der Waals surface area contributed by atoms with Gasteiger partial charge in [0.25, 0.3) is 5.89 Å². The summed E-state index contributed by atoms with van der Waals surface area (Å²) in [4.78, 5) is 16.1. The molecule has 0 fully saturated rings. The van der Waals surface area contributed by atoms with Gasteiger partial charge in [-0.25, -0.2) is 13.2 Å². The topological polar surface area (TPSA) is 77.2 Å². The lowest BCUT2D eigenvalue weighted by atomic mass is 10.1. The molecule has 1 atom stereocenters. The number of ether oxygens (including phenoxy) is 1. The third-order valence-electron chi connectivity index (χ3n) is 4.01. The summed E-state index contributed by atoms with van der Waals surface area (Å²) in [5.74, 6) is -4.19. The molecule has 28 heavy (non-hydrogen) atoms. The summed E-state index contributed by atoms with van der Waals surface area (Å²) in [7, 11) is 1.56. The molecule has 6 nitrogen and oxygen atoms in total. The molecule has 0 radical (unpaired) electrons. The van der Waals surface area contributed by atoms with Crippen molar-refractivity contribution in [2.24, 2.45) is 0 Å². The van der Waals surface area contributed by atoms with Gasteiger partial charge in [-0.1, -0.05) is 17.3 Å². The van der Waals surface area contributed by atoms with E-state index >= 15 is 0 Å². The Balaban J connectivity index is 1.65. The van der Waals surface area contributed by atoms with E-state index in [0.717, 1.165) is 17.7 Å². The van der Waals surface area contributed by atoms with Crippen LogP contribution in [0.4, 0.5) is 13.2 Å². The largest absolute Gasteiger partial charge is 0.497 e. The Labute approximate surface area is 158 Å². The molecule has 146 valence electrons. The quantitative estimate of drug-likeness (QED) is 0.650. The zero-order valence-corrected chi connectivity index (χ0v) is 15.0. The molecule has 1 N–H and O–H groups in total. The summed E-state index contributed by atoms with van der Waals surface area (Å²) in [6.45, 7) is 1.81.